The quantitative estimate of drug-likeness (QED) is 0.822. The van der Waals surface area contributed by atoms with Crippen LogP contribution in [0.3, 0.4) is 0 Å². The first-order chi connectivity index (χ1) is 10.8. The maximum absolute atomic E-state index is 11.7. The van der Waals surface area contributed by atoms with Gasteiger partial charge in [-0.1, -0.05) is 36.4 Å². The third-order valence-electron chi connectivity index (χ3n) is 3.23. The van der Waals surface area contributed by atoms with Crippen LogP contribution in [0.4, 0.5) is 4.79 Å². The van der Waals surface area contributed by atoms with Crippen LogP contribution in [0, 0.1) is 5.92 Å². The van der Waals surface area contributed by atoms with Gasteiger partial charge in [-0.25, -0.2) is 4.79 Å². The lowest BCUT2D eigenvalue weighted by molar-refractivity contribution is 0.135. The molecule has 2 N–H and O–H groups in total. The summed E-state index contributed by atoms with van der Waals surface area (Å²) in [5.74, 6) is -0.0841. The van der Waals surface area contributed by atoms with Gasteiger partial charge in [0.15, 0.2) is 0 Å². The topological polar surface area (TPSA) is 71.5 Å². The van der Waals surface area contributed by atoms with Crippen molar-refractivity contribution in [3.63, 3.8) is 0 Å². The summed E-state index contributed by atoms with van der Waals surface area (Å²) in [5, 5.41) is 12.1. The number of hydrogen-bond donors (Lipinski definition) is 2. The van der Waals surface area contributed by atoms with E-state index in [1.165, 1.54) is 0 Å². The van der Waals surface area contributed by atoms with E-state index < -0.39 is 6.09 Å². The van der Waals surface area contributed by atoms with Crippen LogP contribution in [0.5, 0.6) is 0 Å². The van der Waals surface area contributed by atoms with Crippen molar-refractivity contribution in [2.45, 2.75) is 13.0 Å². The lowest BCUT2D eigenvalue weighted by atomic mass is 10.0. The molecule has 1 atom stereocenters. The smallest absolute Gasteiger partial charge is 0.407 e. The van der Waals surface area contributed by atoms with Crippen LogP contribution in [-0.2, 0) is 17.8 Å². The monoisotopic (exact) mass is 300 g/mol. The summed E-state index contributed by atoms with van der Waals surface area (Å²) in [4.78, 5) is 15.9. The highest BCUT2D eigenvalue weighted by Gasteiger charge is 2.11. The number of nitrogens with zero attached hydrogens (tertiary/aromatic N) is 1. The minimum absolute atomic E-state index is 0.0183. The number of aliphatic hydroxyl groups excluding tert-OH is 1. The minimum atomic E-state index is -0.483. The predicted octanol–water partition coefficient (Wildman–Crippen LogP) is 2.16. The molecule has 1 aromatic carbocycles. The second-order valence-electron chi connectivity index (χ2n) is 5.02. The fourth-order valence-corrected chi connectivity index (χ4v) is 2.02. The molecular weight excluding hydrogens is 280 g/mol. The van der Waals surface area contributed by atoms with E-state index in [1.54, 1.807) is 6.20 Å². The van der Waals surface area contributed by atoms with Gasteiger partial charge in [0.1, 0.15) is 6.61 Å². The van der Waals surface area contributed by atoms with E-state index >= 15 is 0 Å². The summed E-state index contributed by atoms with van der Waals surface area (Å²) in [5.41, 5.74) is 1.82. The van der Waals surface area contributed by atoms with E-state index in [2.05, 4.69) is 10.3 Å². The van der Waals surface area contributed by atoms with Crippen LogP contribution in [0.1, 0.15) is 11.3 Å². The van der Waals surface area contributed by atoms with Crippen LogP contribution in [0.2, 0.25) is 0 Å². The number of ether oxygens (including phenoxy) is 1. The zero-order chi connectivity index (χ0) is 15.6. The third kappa shape index (κ3) is 5.54. The van der Waals surface area contributed by atoms with Gasteiger partial charge in [-0.05, 0) is 24.1 Å². The van der Waals surface area contributed by atoms with E-state index in [4.69, 9.17) is 4.74 Å². The molecule has 22 heavy (non-hydrogen) atoms. The van der Waals surface area contributed by atoms with Crippen molar-refractivity contribution in [1.29, 1.82) is 0 Å². The van der Waals surface area contributed by atoms with Crippen molar-refractivity contribution in [1.82, 2.24) is 10.3 Å². The van der Waals surface area contributed by atoms with E-state index in [0.717, 1.165) is 11.3 Å². The van der Waals surface area contributed by atoms with E-state index in [-0.39, 0.29) is 19.1 Å². The highest BCUT2D eigenvalue weighted by molar-refractivity contribution is 5.67. The molecule has 5 heteroatoms. The summed E-state index contributed by atoms with van der Waals surface area (Å²) in [6.07, 6.45) is 1.84. The van der Waals surface area contributed by atoms with Crippen LogP contribution >= 0.6 is 0 Å². The van der Waals surface area contributed by atoms with Crippen molar-refractivity contribution in [2.24, 2.45) is 5.92 Å². The van der Waals surface area contributed by atoms with Gasteiger partial charge >= 0.3 is 6.09 Å². The molecule has 0 saturated heterocycles. The largest absolute Gasteiger partial charge is 0.445 e. The molecule has 2 aromatic rings. The van der Waals surface area contributed by atoms with Gasteiger partial charge in [0.05, 0.1) is 0 Å². The Kier molecular flexibility index (Phi) is 6.39. The summed E-state index contributed by atoms with van der Waals surface area (Å²) < 4.78 is 5.13. The lowest BCUT2D eigenvalue weighted by Crippen LogP contribution is -2.32. The first kappa shape index (κ1) is 16.0. The van der Waals surface area contributed by atoms with Crippen molar-refractivity contribution in [3.8, 4) is 0 Å². The van der Waals surface area contributed by atoms with Crippen molar-refractivity contribution in [2.75, 3.05) is 13.2 Å². The number of aromatic nitrogens is 1. The Morgan fingerprint density at radius 1 is 1.18 bits per heavy atom. The maximum atomic E-state index is 11.7. The van der Waals surface area contributed by atoms with Crippen LogP contribution in [0.15, 0.2) is 54.7 Å². The summed E-state index contributed by atoms with van der Waals surface area (Å²) >= 11 is 0. The molecule has 0 fully saturated rings. The molecule has 0 aliphatic rings. The lowest BCUT2D eigenvalue weighted by Gasteiger charge is -2.14. The zero-order valence-electron chi connectivity index (χ0n) is 12.3. The SMILES string of the molecule is O=C(NCC(CO)Cc1ccccn1)OCc1ccccc1. The highest BCUT2D eigenvalue weighted by Crippen LogP contribution is 2.05. The Bertz CT molecular complexity index is 561. The second-order valence-corrected chi connectivity index (χ2v) is 5.02. The second kappa shape index (κ2) is 8.79. The van der Waals surface area contributed by atoms with Gasteiger partial charge < -0.3 is 15.2 Å². The van der Waals surface area contributed by atoms with Crippen molar-refractivity contribution < 1.29 is 14.6 Å². The molecule has 1 unspecified atom stereocenters. The predicted molar refractivity (Wildman–Crippen MR) is 83.1 cm³/mol. The first-order valence-corrected chi connectivity index (χ1v) is 7.23. The zero-order valence-corrected chi connectivity index (χ0v) is 12.3. The minimum Gasteiger partial charge on any atom is -0.445 e. The van der Waals surface area contributed by atoms with Gasteiger partial charge in [0, 0.05) is 31.0 Å². The number of hydrogen-bond acceptors (Lipinski definition) is 4. The number of alkyl carbamates (subject to hydrolysis) is 1. The van der Waals surface area contributed by atoms with Gasteiger partial charge in [-0.3, -0.25) is 4.98 Å². The van der Waals surface area contributed by atoms with Gasteiger partial charge in [0.2, 0.25) is 0 Å². The number of nitrogens with one attached hydrogen (secondary N) is 1. The number of pyridine rings is 1. The Hall–Kier alpha value is -2.40. The molecule has 0 spiro atoms. The van der Waals surface area contributed by atoms with Crippen molar-refractivity contribution >= 4 is 6.09 Å². The first-order valence-electron chi connectivity index (χ1n) is 7.23. The molecular formula is C17H20N2O3. The molecule has 0 bridgehead atoms. The van der Waals surface area contributed by atoms with Crippen LogP contribution < -0.4 is 5.32 Å². The number of carbonyl (C=O) groups is 1. The fourth-order valence-electron chi connectivity index (χ4n) is 2.02. The Labute approximate surface area is 130 Å². The molecule has 0 radical (unpaired) electrons. The Morgan fingerprint density at radius 3 is 2.64 bits per heavy atom. The Morgan fingerprint density at radius 2 is 1.95 bits per heavy atom. The van der Waals surface area contributed by atoms with Crippen LogP contribution in [0.25, 0.3) is 0 Å². The third-order valence-corrected chi connectivity index (χ3v) is 3.23. The molecule has 1 aromatic heterocycles. The van der Waals surface area contributed by atoms with Gasteiger partial charge in [0.25, 0.3) is 0 Å². The average molecular weight is 300 g/mol. The number of aliphatic hydroxyl groups is 1. The normalized spacial score (nSPS) is 11.7. The molecule has 1 amide bonds. The standard InChI is InChI=1S/C17H20N2O3/c20-12-15(10-16-8-4-5-9-18-16)11-19-17(21)22-13-14-6-2-1-3-7-14/h1-9,15,20H,10-13H2,(H,19,21). The van der Waals surface area contributed by atoms with E-state index in [0.29, 0.717) is 13.0 Å². The molecule has 0 saturated carbocycles. The van der Waals surface area contributed by atoms with E-state index in [9.17, 15) is 9.90 Å². The molecule has 0 aliphatic carbocycles. The molecule has 1 heterocycles. The highest BCUT2D eigenvalue weighted by atomic mass is 16.5. The van der Waals surface area contributed by atoms with Crippen LogP contribution in [-0.4, -0.2) is 29.3 Å². The van der Waals surface area contributed by atoms with Gasteiger partial charge in [-0.2, -0.15) is 0 Å². The molecule has 0 aliphatic heterocycles. The maximum Gasteiger partial charge on any atom is 0.407 e. The summed E-state index contributed by atoms with van der Waals surface area (Å²) in [7, 11) is 0. The number of amides is 1. The molecule has 116 valence electrons. The summed E-state index contributed by atoms with van der Waals surface area (Å²) in [6.45, 7) is 0.562. The average Bonchev–Trinajstić information content (AvgIpc) is 2.58. The fraction of sp³-hybridized carbons (Fsp3) is 0.294. The van der Waals surface area contributed by atoms with E-state index in [1.807, 2.05) is 48.5 Å². The number of benzene rings is 1. The Balaban J connectivity index is 1.72. The molecule has 2 rings (SSSR count). The molecule has 5 nitrogen and oxygen atoms in total. The number of rotatable bonds is 7. The van der Waals surface area contributed by atoms with Gasteiger partial charge in [-0.15, -0.1) is 0 Å². The number of carbonyl (C=O) groups excluding carboxylic acids is 1. The van der Waals surface area contributed by atoms with Crippen molar-refractivity contribution in [3.05, 3.63) is 66.0 Å². The summed E-state index contributed by atoms with van der Waals surface area (Å²) in [6, 6.07) is 15.1.